The van der Waals surface area contributed by atoms with Crippen molar-refractivity contribution in [3.63, 3.8) is 0 Å². The zero-order chi connectivity index (χ0) is 8.15. The van der Waals surface area contributed by atoms with E-state index in [-0.39, 0.29) is 5.57 Å². The highest BCUT2D eigenvalue weighted by Gasteiger charge is 1.98. The van der Waals surface area contributed by atoms with E-state index in [9.17, 15) is 17.5 Å². The molecule has 60 valence electrons. The second-order valence-electron chi connectivity index (χ2n) is 1.51. The number of rotatable bonds is 3. The Labute approximate surface area is 59.2 Å². The van der Waals surface area contributed by atoms with Gasteiger partial charge in [0.15, 0.2) is 0 Å². The lowest BCUT2D eigenvalue weighted by Crippen LogP contribution is -1.99. The van der Waals surface area contributed by atoms with Crippen molar-refractivity contribution >= 4 is 11.4 Å². The molecule has 0 N–H and O–H groups in total. The van der Waals surface area contributed by atoms with E-state index < -0.39 is 24.0 Å². The molecule has 0 rings (SSSR count). The largest absolute Gasteiger partial charge is 0.750 e. The number of hydrogen-bond acceptors (Lipinski definition) is 3. The highest BCUT2D eigenvalue weighted by molar-refractivity contribution is 7.74. The predicted molar refractivity (Wildman–Crippen MR) is 29.8 cm³/mol. The van der Waals surface area contributed by atoms with E-state index in [0.717, 1.165) is 6.92 Å². The van der Waals surface area contributed by atoms with E-state index in [1.165, 1.54) is 0 Å². The first-order valence-electron chi connectivity index (χ1n) is 2.27. The molecular formula is C4H5F2O3S-. The Kier molecular flexibility index (Phi) is 4.33. The third-order valence-electron chi connectivity index (χ3n) is 0.694. The molecule has 0 aromatic heterocycles. The molecule has 0 aliphatic heterocycles. The van der Waals surface area contributed by atoms with Crippen LogP contribution in [0.5, 0.6) is 0 Å². The average molecular weight is 171 g/mol. The van der Waals surface area contributed by atoms with E-state index in [1.807, 2.05) is 0 Å². The molecule has 0 aromatic rings. The normalized spacial score (nSPS) is 12.8. The third-order valence-corrected chi connectivity index (χ3v) is 1.00. The van der Waals surface area contributed by atoms with Gasteiger partial charge in [-0.25, -0.2) is 4.21 Å². The van der Waals surface area contributed by atoms with E-state index in [0.29, 0.717) is 0 Å². The zero-order valence-electron chi connectivity index (χ0n) is 5.10. The Hall–Kier alpha value is -0.330. The molecule has 1 atom stereocenters. The van der Waals surface area contributed by atoms with Crippen LogP contribution in [0.3, 0.4) is 0 Å². The fraction of sp³-hybridized carbons (Fsp3) is 0.500. The molecule has 0 aromatic carbocycles. The maximum atomic E-state index is 11.5. The summed E-state index contributed by atoms with van der Waals surface area (Å²) in [4.78, 5) is 0. The smallest absolute Gasteiger partial charge is 0.271 e. The van der Waals surface area contributed by atoms with Crippen LogP contribution in [-0.2, 0) is 15.5 Å². The molecule has 0 saturated carbocycles. The van der Waals surface area contributed by atoms with Gasteiger partial charge in [0.1, 0.15) is 0 Å². The van der Waals surface area contributed by atoms with Crippen molar-refractivity contribution in [1.29, 1.82) is 0 Å². The Balaban J connectivity index is 3.71. The average Bonchev–Trinajstić information content (AvgIpc) is 1.82. The van der Waals surface area contributed by atoms with Crippen molar-refractivity contribution in [2.45, 2.75) is 6.92 Å². The molecule has 6 heteroatoms. The van der Waals surface area contributed by atoms with Gasteiger partial charge in [-0.3, -0.25) is 4.18 Å². The van der Waals surface area contributed by atoms with E-state index in [1.54, 1.807) is 0 Å². The molecule has 0 aliphatic rings. The van der Waals surface area contributed by atoms with Gasteiger partial charge in [0.2, 0.25) is 0 Å². The van der Waals surface area contributed by atoms with Gasteiger partial charge >= 0.3 is 0 Å². The molecular weight excluding hydrogens is 166 g/mol. The summed E-state index contributed by atoms with van der Waals surface area (Å²) < 4.78 is 46.1. The van der Waals surface area contributed by atoms with Gasteiger partial charge in [0.25, 0.3) is 6.08 Å². The van der Waals surface area contributed by atoms with Gasteiger partial charge in [-0.2, -0.15) is 8.78 Å². The van der Waals surface area contributed by atoms with Crippen LogP contribution >= 0.6 is 0 Å². The van der Waals surface area contributed by atoms with Gasteiger partial charge in [-0.15, -0.1) is 0 Å². The first kappa shape index (κ1) is 9.67. The van der Waals surface area contributed by atoms with Gasteiger partial charge in [-0.05, 0) is 6.92 Å². The quantitative estimate of drug-likeness (QED) is 0.594. The summed E-state index contributed by atoms with van der Waals surface area (Å²) in [6.45, 7) is 0.501. The summed E-state index contributed by atoms with van der Waals surface area (Å²) in [5.74, 6) is 0. The summed E-state index contributed by atoms with van der Waals surface area (Å²) in [5.41, 5.74) is -0.385. The molecule has 0 radical (unpaired) electrons. The summed E-state index contributed by atoms with van der Waals surface area (Å²) in [6, 6.07) is 0. The minimum atomic E-state index is -2.72. The predicted octanol–water partition coefficient (Wildman–Crippen LogP) is 0.968. The van der Waals surface area contributed by atoms with Crippen molar-refractivity contribution in [3.05, 3.63) is 11.7 Å². The summed E-state index contributed by atoms with van der Waals surface area (Å²) in [5, 5.41) is 0. The van der Waals surface area contributed by atoms with E-state index >= 15 is 0 Å². The molecule has 0 saturated heterocycles. The van der Waals surface area contributed by atoms with Crippen LogP contribution < -0.4 is 0 Å². The highest BCUT2D eigenvalue weighted by Crippen LogP contribution is 2.06. The maximum absolute atomic E-state index is 11.5. The van der Waals surface area contributed by atoms with Gasteiger partial charge in [-0.1, -0.05) is 0 Å². The number of halogens is 2. The van der Waals surface area contributed by atoms with Crippen molar-refractivity contribution in [2.24, 2.45) is 0 Å². The Bertz CT molecular complexity index is 164. The van der Waals surface area contributed by atoms with Crippen molar-refractivity contribution in [1.82, 2.24) is 0 Å². The lowest BCUT2D eigenvalue weighted by atomic mass is 10.4. The van der Waals surface area contributed by atoms with Crippen LogP contribution in [0.1, 0.15) is 6.92 Å². The minimum absolute atomic E-state index is 0.385. The van der Waals surface area contributed by atoms with Crippen LogP contribution in [0.4, 0.5) is 8.78 Å². The van der Waals surface area contributed by atoms with Gasteiger partial charge in [0.05, 0.1) is 18.0 Å². The monoisotopic (exact) mass is 171 g/mol. The maximum Gasteiger partial charge on any atom is 0.271 e. The SMILES string of the molecule is CC(COS(=O)[O-])=C(F)F. The standard InChI is InChI=1S/C4H6F2O3S/c1-3(4(5)6)2-9-10(7)8/h2H2,1H3,(H,7,8)/p-1. The highest BCUT2D eigenvalue weighted by atomic mass is 32.2. The fourth-order valence-corrected chi connectivity index (χ4v) is 0.464. The van der Waals surface area contributed by atoms with Crippen molar-refractivity contribution in [2.75, 3.05) is 6.61 Å². The van der Waals surface area contributed by atoms with Crippen LogP contribution in [0, 0.1) is 0 Å². The second-order valence-corrected chi connectivity index (χ2v) is 2.15. The van der Waals surface area contributed by atoms with Gasteiger partial charge in [0, 0.05) is 5.57 Å². The molecule has 1 unspecified atom stereocenters. The van der Waals surface area contributed by atoms with Crippen LogP contribution in [-0.4, -0.2) is 15.4 Å². The van der Waals surface area contributed by atoms with Crippen LogP contribution in [0.2, 0.25) is 0 Å². The fourth-order valence-electron chi connectivity index (χ4n) is 0.191. The van der Waals surface area contributed by atoms with Crippen LogP contribution in [0.15, 0.2) is 11.7 Å². The van der Waals surface area contributed by atoms with Crippen LogP contribution in [0.25, 0.3) is 0 Å². The second kappa shape index (κ2) is 4.48. The molecule has 0 amide bonds. The first-order chi connectivity index (χ1) is 4.54. The molecule has 10 heavy (non-hydrogen) atoms. The lowest BCUT2D eigenvalue weighted by molar-refractivity contribution is 0.313. The summed E-state index contributed by atoms with van der Waals surface area (Å²) >= 11 is -2.72. The van der Waals surface area contributed by atoms with Crippen molar-refractivity contribution < 1.29 is 21.7 Å². The summed E-state index contributed by atoms with van der Waals surface area (Å²) in [7, 11) is 0. The van der Waals surface area contributed by atoms with E-state index in [4.69, 9.17) is 0 Å². The molecule has 0 fully saturated rings. The first-order valence-corrected chi connectivity index (χ1v) is 3.27. The minimum Gasteiger partial charge on any atom is -0.750 e. The Morgan fingerprint density at radius 3 is 2.50 bits per heavy atom. The Morgan fingerprint density at radius 2 is 2.20 bits per heavy atom. The van der Waals surface area contributed by atoms with Gasteiger partial charge < -0.3 is 4.55 Å². The number of hydrogen-bond donors (Lipinski definition) is 0. The summed E-state index contributed by atoms with van der Waals surface area (Å²) in [6.07, 6.45) is -1.91. The zero-order valence-corrected chi connectivity index (χ0v) is 5.91. The Morgan fingerprint density at radius 1 is 1.70 bits per heavy atom. The molecule has 0 bridgehead atoms. The molecule has 0 aliphatic carbocycles. The van der Waals surface area contributed by atoms with Crippen molar-refractivity contribution in [3.8, 4) is 0 Å². The lowest BCUT2D eigenvalue weighted by Gasteiger charge is -2.03. The molecule has 3 nitrogen and oxygen atoms in total. The topological polar surface area (TPSA) is 49.4 Å². The molecule has 0 spiro atoms. The third kappa shape index (κ3) is 4.54. The van der Waals surface area contributed by atoms with E-state index in [2.05, 4.69) is 4.18 Å². The molecule has 0 heterocycles.